The molecule has 0 spiro atoms. The summed E-state index contributed by atoms with van der Waals surface area (Å²) >= 11 is 3.54. The van der Waals surface area contributed by atoms with E-state index in [0.717, 1.165) is 24.0 Å². The summed E-state index contributed by atoms with van der Waals surface area (Å²) in [5.74, 6) is 0. The molecule has 2 heterocycles. The molecule has 2 atom stereocenters. The number of fused-ring (bicyclic) bond motifs is 2. The summed E-state index contributed by atoms with van der Waals surface area (Å²) in [7, 11) is 0. The molecule has 0 aromatic heterocycles. The van der Waals surface area contributed by atoms with E-state index in [9.17, 15) is 0 Å². The van der Waals surface area contributed by atoms with Crippen LogP contribution in [0.2, 0.25) is 0 Å². The molecule has 0 radical (unpaired) electrons. The highest BCUT2D eigenvalue weighted by Gasteiger charge is 2.34. The number of nitrogens with zero attached hydrogens (tertiary/aromatic N) is 1. The molecule has 3 rings (SSSR count). The third-order valence-corrected chi connectivity index (χ3v) is 4.33. The maximum atomic E-state index is 5.90. The van der Waals surface area contributed by atoms with Gasteiger partial charge in [0.15, 0.2) is 0 Å². The standard InChI is InChI=1S/C14H19BrN2O/c15-11-1-4-14(10(7-11)5-6-16)17-8-12-2-3-13(9-17)18-12/h1,4,7,12-13H,2-3,5-6,8-9,16H2. The summed E-state index contributed by atoms with van der Waals surface area (Å²) in [6.45, 7) is 2.74. The lowest BCUT2D eigenvalue weighted by Crippen LogP contribution is -2.43. The summed E-state index contributed by atoms with van der Waals surface area (Å²) in [5, 5.41) is 0. The molecule has 18 heavy (non-hydrogen) atoms. The normalized spacial score (nSPS) is 26.7. The minimum Gasteiger partial charge on any atom is -0.371 e. The van der Waals surface area contributed by atoms with E-state index < -0.39 is 0 Å². The number of benzene rings is 1. The molecule has 2 saturated heterocycles. The highest BCUT2D eigenvalue weighted by atomic mass is 79.9. The number of morpholine rings is 1. The summed E-state index contributed by atoms with van der Waals surface area (Å²) in [5.41, 5.74) is 8.40. The third kappa shape index (κ3) is 2.42. The van der Waals surface area contributed by atoms with Gasteiger partial charge in [-0.05, 0) is 49.6 Å². The Labute approximate surface area is 116 Å². The number of hydrogen-bond acceptors (Lipinski definition) is 3. The van der Waals surface area contributed by atoms with Gasteiger partial charge in [0.25, 0.3) is 0 Å². The molecule has 0 aliphatic carbocycles. The van der Waals surface area contributed by atoms with Crippen LogP contribution in [0, 0.1) is 0 Å². The average Bonchev–Trinajstić information content (AvgIpc) is 2.69. The Morgan fingerprint density at radius 2 is 2.00 bits per heavy atom. The molecule has 1 aromatic carbocycles. The average molecular weight is 311 g/mol. The summed E-state index contributed by atoms with van der Waals surface area (Å²) < 4.78 is 7.03. The summed E-state index contributed by atoms with van der Waals surface area (Å²) in [6.07, 6.45) is 4.21. The number of ether oxygens (including phenoxy) is 1. The number of halogens is 1. The fourth-order valence-corrected chi connectivity index (χ4v) is 3.44. The summed E-state index contributed by atoms with van der Waals surface area (Å²) in [6, 6.07) is 6.52. The van der Waals surface area contributed by atoms with E-state index in [1.165, 1.54) is 24.1 Å². The quantitative estimate of drug-likeness (QED) is 0.931. The number of hydrogen-bond donors (Lipinski definition) is 1. The van der Waals surface area contributed by atoms with Crippen molar-refractivity contribution in [2.24, 2.45) is 5.73 Å². The van der Waals surface area contributed by atoms with Gasteiger partial charge in [0.1, 0.15) is 0 Å². The molecule has 2 N–H and O–H groups in total. The molecule has 2 aliphatic heterocycles. The zero-order chi connectivity index (χ0) is 12.5. The van der Waals surface area contributed by atoms with Crippen molar-refractivity contribution < 1.29 is 4.74 Å². The first kappa shape index (κ1) is 12.5. The molecule has 0 amide bonds. The summed E-state index contributed by atoms with van der Waals surface area (Å²) in [4.78, 5) is 2.48. The highest BCUT2D eigenvalue weighted by molar-refractivity contribution is 9.10. The Morgan fingerprint density at radius 1 is 1.28 bits per heavy atom. The molecule has 3 nitrogen and oxygen atoms in total. The minimum absolute atomic E-state index is 0.429. The molecule has 4 heteroatoms. The van der Waals surface area contributed by atoms with Crippen LogP contribution in [0.4, 0.5) is 5.69 Å². The van der Waals surface area contributed by atoms with Crippen molar-refractivity contribution in [3.63, 3.8) is 0 Å². The molecule has 1 aromatic rings. The van der Waals surface area contributed by atoms with Gasteiger partial charge in [0, 0.05) is 23.2 Å². The Hall–Kier alpha value is -0.580. The van der Waals surface area contributed by atoms with Gasteiger partial charge in [-0.15, -0.1) is 0 Å². The third-order valence-electron chi connectivity index (χ3n) is 3.84. The predicted octanol–water partition coefficient (Wildman–Crippen LogP) is 2.32. The molecule has 2 bridgehead atoms. The topological polar surface area (TPSA) is 38.5 Å². The smallest absolute Gasteiger partial charge is 0.0755 e. The van der Waals surface area contributed by atoms with Crippen LogP contribution in [0.5, 0.6) is 0 Å². The monoisotopic (exact) mass is 310 g/mol. The van der Waals surface area contributed by atoms with E-state index in [1.54, 1.807) is 0 Å². The second kappa shape index (κ2) is 5.19. The van der Waals surface area contributed by atoms with E-state index in [0.29, 0.717) is 18.8 Å². The zero-order valence-corrected chi connectivity index (χ0v) is 12.0. The van der Waals surface area contributed by atoms with Gasteiger partial charge in [-0.1, -0.05) is 15.9 Å². The number of nitrogens with two attached hydrogens (primary N) is 1. The van der Waals surface area contributed by atoms with Gasteiger partial charge in [-0.25, -0.2) is 0 Å². The number of rotatable bonds is 3. The van der Waals surface area contributed by atoms with E-state index in [1.807, 2.05) is 0 Å². The van der Waals surface area contributed by atoms with Crippen LogP contribution in [0.1, 0.15) is 18.4 Å². The van der Waals surface area contributed by atoms with Gasteiger partial charge < -0.3 is 15.4 Å². The number of anilines is 1. The fourth-order valence-electron chi connectivity index (χ4n) is 3.03. The van der Waals surface area contributed by atoms with Crippen molar-refractivity contribution in [3.8, 4) is 0 Å². The van der Waals surface area contributed by atoms with Crippen LogP contribution in [-0.2, 0) is 11.2 Å². The van der Waals surface area contributed by atoms with E-state index in [2.05, 4.69) is 39.0 Å². The first-order chi connectivity index (χ1) is 8.76. The lowest BCUT2D eigenvalue weighted by atomic mass is 10.1. The molecular formula is C14H19BrN2O. The van der Waals surface area contributed by atoms with Crippen LogP contribution >= 0.6 is 15.9 Å². The largest absolute Gasteiger partial charge is 0.371 e. The van der Waals surface area contributed by atoms with Crippen LogP contribution in [0.3, 0.4) is 0 Å². The van der Waals surface area contributed by atoms with Crippen molar-refractivity contribution in [2.75, 3.05) is 24.5 Å². The Balaban J connectivity index is 1.86. The van der Waals surface area contributed by atoms with Crippen LogP contribution in [0.25, 0.3) is 0 Å². The maximum Gasteiger partial charge on any atom is 0.0755 e. The van der Waals surface area contributed by atoms with Crippen LogP contribution in [0.15, 0.2) is 22.7 Å². The second-order valence-corrected chi connectivity index (χ2v) is 6.09. The molecule has 2 fully saturated rings. The lowest BCUT2D eigenvalue weighted by Gasteiger charge is -2.35. The van der Waals surface area contributed by atoms with Gasteiger partial charge in [0.05, 0.1) is 12.2 Å². The Kier molecular flexibility index (Phi) is 3.59. The zero-order valence-electron chi connectivity index (χ0n) is 10.4. The van der Waals surface area contributed by atoms with E-state index >= 15 is 0 Å². The van der Waals surface area contributed by atoms with E-state index in [4.69, 9.17) is 10.5 Å². The van der Waals surface area contributed by atoms with Crippen LogP contribution < -0.4 is 10.6 Å². The minimum atomic E-state index is 0.429. The highest BCUT2D eigenvalue weighted by Crippen LogP contribution is 2.32. The van der Waals surface area contributed by atoms with Gasteiger partial charge in [-0.2, -0.15) is 0 Å². The SMILES string of the molecule is NCCc1cc(Br)ccc1N1CC2CCC(C1)O2. The predicted molar refractivity (Wildman–Crippen MR) is 77.0 cm³/mol. The van der Waals surface area contributed by atoms with Gasteiger partial charge in [0.2, 0.25) is 0 Å². The lowest BCUT2D eigenvalue weighted by molar-refractivity contribution is 0.0304. The van der Waals surface area contributed by atoms with Gasteiger partial charge >= 0.3 is 0 Å². The Morgan fingerprint density at radius 3 is 2.67 bits per heavy atom. The molecule has 0 saturated carbocycles. The van der Waals surface area contributed by atoms with E-state index in [-0.39, 0.29) is 0 Å². The van der Waals surface area contributed by atoms with Gasteiger partial charge in [-0.3, -0.25) is 0 Å². The van der Waals surface area contributed by atoms with Crippen molar-refractivity contribution in [2.45, 2.75) is 31.5 Å². The first-order valence-corrected chi connectivity index (χ1v) is 7.44. The van der Waals surface area contributed by atoms with Crippen molar-refractivity contribution in [3.05, 3.63) is 28.2 Å². The molecule has 98 valence electrons. The maximum absolute atomic E-state index is 5.90. The molecular weight excluding hydrogens is 292 g/mol. The second-order valence-electron chi connectivity index (χ2n) is 5.17. The molecule has 2 aliphatic rings. The van der Waals surface area contributed by atoms with Crippen molar-refractivity contribution in [1.82, 2.24) is 0 Å². The van der Waals surface area contributed by atoms with Crippen molar-refractivity contribution in [1.29, 1.82) is 0 Å². The first-order valence-electron chi connectivity index (χ1n) is 6.65. The Bertz CT molecular complexity index is 426. The molecule has 2 unspecified atom stereocenters. The van der Waals surface area contributed by atoms with Crippen LogP contribution in [-0.4, -0.2) is 31.8 Å². The van der Waals surface area contributed by atoms with Crippen molar-refractivity contribution >= 4 is 21.6 Å². The fraction of sp³-hybridized carbons (Fsp3) is 0.571.